The van der Waals surface area contributed by atoms with Crippen LogP contribution in [0.2, 0.25) is 10.0 Å². The molecule has 0 aliphatic carbocycles. The number of carbonyl (C=O) groups is 2. The molecule has 1 aromatic heterocycles. The fourth-order valence-corrected chi connectivity index (χ4v) is 4.55. The Balaban J connectivity index is 1.97. The smallest absolute Gasteiger partial charge is 0.246 e. The van der Waals surface area contributed by atoms with Crippen molar-refractivity contribution in [3.63, 3.8) is 0 Å². The molecule has 0 fully saturated rings. The highest BCUT2D eigenvalue weighted by Gasteiger charge is 2.36. The fraction of sp³-hybridized carbons (Fsp3) is 0.182. The molecule has 9 heteroatoms. The van der Waals surface area contributed by atoms with Crippen LogP contribution in [0.4, 0.5) is 0 Å². The topological polar surface area (TPSA) is 68.1 Å². The summed E-state index contributed by atoms with van der Waals surface area (Å²) in [5.41, 5.74) is 1.96. The second kappa shape index (κ2) is 8.86. The summed E-state index contributed by atoms with van der Waals surface area (Å²) >= 11 is 13.3. The highest BCUT2D eigenvalue weighted by atomic mass is 35.5. The largest absolute Gasteiger partial charge is 0.294 e. The maximum Gasteiger partial charge on any atom is 0.246 e. The number of carbonyl (C=O) groups excluding carboxylic acids is 2. The van der Waals surface area contributed by atoms with Crippen molar-refractivity contribution in [1.82, 2.24) is 14.9 Å². The molecule has 2 aromatic carbocycles. The minimum absolute atomic E-state index is 0.0776. The van der Waals surface area contributed by atoms with Gasteiger partial charge in [-0.15, -0.1) is 10.2 Å². The van der Waals surface area contributed by atoms with Crippen LogP contribution in [-0.2, 0) is 9.59 Å². The minimum atomic E-state index is -0.192. The van der Waals surface area contributed by atoms with Gasteiger partial charge in [0.15, 0.2) is 11.6 Å². The monoisotopic (exact) mass is 472 g/mol. The number of nitrogens with zero attached hydrogens (tertiary/aromatic N) is 4. The minimum Gasteiger partial charge on any atom is -0.294 e. The van der Waals surface area contributed by atoms with Crippen molar-refractivity contribution in [1.29, 1.82) is 0 Å². The molecule has 158 valence electrons. The molecule has 0 N–H and O–H groups in total. The molecule has 0 atom stereocenters. The zero-order chi connectivity index (χ0) is 22.1. The van der Waals surface area contributed by atoms with E-state index in [1.54, 1.807) is 54.9 Å². The van der Waals surface area contributed by atoms with Gasteiger partial charge >= 0.3 is 0 Å². The highest BCUT2D eigenvalue weighted by Crippen LogP contribution is 2.42. The predicted octanol–water partition coefficient (Wildman–Crippen LogP) is 5.58. The molecule has 0 saturated heterocycles. The Bertz CT molecular complexity index is 1190. The van der Waals surface area contributed by atoms with Gasteiger partial charge in [-0.1, -0.05) is 49.2 Å². The molecule has 0 spiro atoms. The Hall–Kier alpha value is -2.61. The molecular weight excluding hydrogens is 455 g/mol. The third kappa shape index (κ3) is 4.01. The number of fused-ring (bicyclic) bond motifs is 1. The quantitative estimate of drug-likeness (QED) is 0.484. The normalized spacial score (nSPS) is 13.4. The van der Waals surface area contributed by atoms with E-state index in [9.17, 15) is 9.59 Å². The van der Waals surface area contributed by atoms with Gasteiger partial charge < -0.3 is 0 Å². The van der Waals surface area contributed by atoms with Crippen LogP contribution in [0.1, 0.15) is 32.3 Å². The van der Waals surface area contributed by atoms with E-state index >= 15 is 0 Å². The summed E-state index contributed by atoms with van der Waals surface area (Å²) in [6.07, 6.45) is 0.527. The predicted molar refractivity (Wildman–Crippen MR) is 124 cm³/mol. The Labute approximate surface area is 193 Å². The number of ketones is 1. The van der Waals surface area contributed by atoms with Crippen LogP contribution >= 0.6 is 35.0 Å². The van der Waals surface area contributed by atoms with Crippen LogP contribution < -0.4 is 5.01 Å². The van der Waals surface area contributed by atoms with Crippen molar-refractivity contribution < 1.29 is 9.59 Å². The number of Topliss-reactive ketones (excluding diaryl/α,β-unsaturated/α-hetero) is 1. The number of hydrogen-bond acceptors (Lipinski definition) is 5. The number of rotatable bonds is 5. The van der Waals surface area contributed by atoms with Gasteiger partial charge in [0.25, 0.3) is 0 Å². The van der Waals surface area contributed by atoms with Gasteiger partial charge in [-0.25, -0.2) is 5.01 Å². The number of amides is 1. The standard InChI is InChI=1S/C22H18Cl2N4O2S/c1-3-17(29)20-19(13-5-9-15(23)10-6-13)27(18(30)4-2)28-21(25-26-22(28)31-20)14-7-11-16(24)12-8-14/h5-12H,3-4H2,1-2H3. The lowest BCUT2D eigenvalue weighted by molar-refractivity contribution is -0.118. The molecule has 31 heavy (non-hydrogen) atoms. The summed E-state index contributed by atoms with van der Waals surface area (Å²) in [7, 11) is 0. The van der Waals surface area contributed by atoms with Crippen LogP contribution in [0, 0.1) is 0 Å². The van der Waals surface area contributed by atoms with Crippen molar-refractivity contribution in [3.05, 3.63) is 69.0 Å². The zero-order valence-corrected chi connectivity index (χ0v) is 19.1. The van der Waals surface area contributed by atoms with E-state index in [4.69, 9.17) is 23.2 Å². The van der Waals surface area contributed by atoms with Crippen molar-refractivity contribution in [2.24, 2.45) is 0 Å². The molecule has 0 unspecified atom stereocenters. The van der Waals surface area contributed by atoms with E-state index in [0.717, 1.165) is 5.56 Å². The summed E-state index contributed by atoms with van der Waals surface area (Å²) < 4.78 is 1.66. The van der Waals surface area contributed by atoms with Gasteiger partial charge in [0, 0.05) is 34.0 Å². The highest BCUT2D eigenvalue weighted by molar-refractivity contribution is 8.04. The van der Waals surface area contributed by atoms with E-state index < -0.39 is 0 Å². The number of hydrogen-bond donors (Lipinski definition) is 0. The molecular formula is C22H18Cl2N4O2S. The molecule has 0 saturated carbocycles. The van der Waals surface area contributed by atoms with Crippen LogP contribution in [-0.4, -0.2) is 26.6 Å². The van der Waals surface area contributed by atoms with Crippen molar-refractivity contribution >= 4 is 52.4 Å². The van der Waals surface area contributed by atoms with Gasteiger partial charge in [-0.05, 0) is 48.2 Å². The summed E-state index contributed by atoms with van der Waals surface area (Å²) in [5, 5.41) is 11.7. The van der Waals surface area contributed by atoms with E-state index in [0.29, 0.717) is 43.6 Å². The van der Waals surface area contributed by atoms with Gasteiger partial charge in [-0.3, -0.25) is 9.59 Å². The maximum atomic E-state index is 13.2. The van der Waals surface area contributed by atoms with Gasteiger partial charge in [0.05, 0.1) is 10.6 Å². The number of allylic oxidation sites excluding steroid dienone is 1. The van der Waals surface area contributed by atoms with Crippen LogP contribution in [0.3, 0.4) is 0 Å². The molecule has 4 rings (SSSR count). The lowest BCUT2D eigenvalue weighted by atomic mass is 10.1. The first-order valence-electron chi connectivity index (χ1n) is 9.70. The molecule has 3 aromatic rings. The first kappa shape index (κ1) is 21.6. The Kier molecular flexibility index (Phi) is 6.18. The SMILES string of the molecule is CCC(=O)C1=C(c2ccc(Cl)cc2)N(C(=O)CC)n2c(nnc2-c2ccc(Cl)cc2)S1. The summed E-state index contributed by atoms with van der Waals surface area (Å²) in [6, 6.07) is 14.2. The second-order valence-corrected chi connectivity index (χ2v) is 8.60. The molecule has 2 heterocycles. The maximum absolute atomic E-state index is 13.2. The average molecular weight is 473 g/mol. The summed E-state index contributed by atoms with van der Waals surface area (Å²) in [4.78, 5) is 26.6. The Morgan fingerprint density at radius 3 is 2.00 bits per heavy atom. The van der Waals surface area contributed by atoms with Gasteiger partial charge in [-0.2, -0.15) is 4.68 Å². The number of aromatic nitrogens is 3. The molecule has 1 amide bonds. The number of thioether (sulfide) groups is 1. The molecule has 0 bridgehead atoms. The molecule has 1 aliphatic rings. The first-order valence-corrected chi connectivity index (χ1v) is 11.3. The van der Waals surface area contributed by atoms with Gasteiger partial charge in [0.2, 0.25) is 11.1 Å². The van der Waals surface area contributed by atoms with E-state index in [2.05, 4.69) is 10.2 Å². The summed E-state index contributed by atoms with van der Waals surface area (Å²) in [5.74, 6) is 0.212. The number of benzene rings is 2. The molecule has 1 aliphatic heterocycles. The van der Waals surface area contributed by atoms with Gasteiger partial charge in [0.1, 0.15) is 0 Å². The van der Waals surface area contributed by atoms with E-state index in [1.165, 1.54) is 16.8 Å². The number of halogens is 2. The Morgan fingerprint density at radius 2 is 1.45 bits per heavy atom. The van der Waals surface area contributed by atoms with Crippen molar-refractivity contribution in [2.45, 2.75) is 31.8 Å². The van der Waals surface area contributed by atoms with E-state index in [-0.39, 0.29) is 18.1 Å². The third-order valence-corrected chi connectivity index (χ3v) is 6.33. The van der Waals surface area contributed by atoms with Crippen LogP contribution in [0.5, 0.6) is 0 Å². The van der Waals surface area contributed by atoms with Crippen molar-refractivity contribution in [2.75, 3.05) is 5.01 Å². The third-order valence-electron chi connectivity index (χ3n) is 4.77. The lowest BCUT2D eigenvalue weighted by Crippen LogP contribution is -2.42. The molecule has 6 nitrogen and oxygen atoms in total. The molecule has 0 radical (unpaired) electrons. The van der Waals surface area contributed by atoms with Crippen LogP contribution in [0.15, 0.2) is 58.6 Å². The van der Waals surface area contributed by atoms with Crippen LogP contribution in [0.25, 0.3) is 17.1 Å². The zero-order valence-electron chi connectivity index (χ0n) is 16.8. The first-order chi connectivity index (χ1) is 14.9. The Morgan fingerprint density at radius 1 is 0.871 bits per heavy atom. The van der Waals surface area contributed by atoms with E-state index in [1.807, 2.05) is 12.1 Å². The fourth-order valence-electron chi connectivity index (χ4n) is 3.22. The van der Waals surface area contributed by atoms with Crippen molar-refractivity contribution in [3.8, 4) is 11.4 Å². The summed E-state index contributed by atoms with van der Waals surface area (Å²) in [6.45, 7) is 3.57. The second-order valence-electron chi connectivity index (χ2n) is 6.75. The lowest BCUT2D eigenvalue weighted by Gasteiger charge is -2.33. The average Bonchev–Trinajstić information content (AvgIpc) is 3.21.